The first-order valence-corrected chi connectivity index (χ1v) is 5.64. The number of benzene rings is 1. The molecule has 5 heteroatoms. The maximum atomic E-state index is 12.8. The second kappa shape index (κ2) is 5.46. The number of nitrogens with zero attached hydrogens (tertiary/aromatic N) is 1. The number of nitrogens with one attached hydrogen (secondary N) is 2. The third-order valence-corrected chi connectivity index (χ3v) is 2.63. The Morgan fingerprint density at radius 1 is 1.11 bits per heavy atom. The number of nitrogen functional groups attached to an aromatic ring is 1. The number of hydrogen-bond acceptors (Lipinski definition) is 4. The van der Waals surface area contributed by atoms with Gasteiger partial charge in [0.25, 0.3) is 0 Å². The fraction of sp³-hybridized carbons (Fsp3) is 0.154. The summed E-state index contributed by atoms with van der Waals surface area (Å²) in [6.45, 7) is 1.98. The van der Waals surface area contributed by atoms with E-state index in [1.54, 1.807) is 18.2 Å². The number of halogens is 1. The van der Waals surface area contributed by atoms with Crippen molar-refractivity contribution in [3.05, 3.63) is 53.8 Å². The van der Waals surface area contributed by atoms with Crippen LogP contribution in [0.2, 0.25) is 0 Å². The molecule has 0 aliphatic heterocycles. The van der Waals surface area contributed by atoms with Crippen LogP contribution in [0.5, 0.6) is 0 Å². The third-order valence-electron chi connectivity index (χ3n) is 2.63. The smallest absolute Gasteiger partial charge is 0.142 e. The Hall–Kier alpha value is -2.14. The molecule has 2 rings (SSSR count). The van der Waals surface area contributed by atoms with Crippen molar-refractivity contribution in [2.75, 3.05) is 10.7 Å². The molecule has 94 valence electrons. The summed E-state index contributed by atoms with van der Waals surface area (Å²) in [6.07, 6.45) is 0. The van der Waals surface area contributed by atoms with Crippen molar-refractivity contribution in [3.63, 3.8) is 0 Å². The third kappa shape index (κ3) is 2.95. The van der Waals surface area contributed by atoms with Crippen LogP contribution < -0.4 is 16.6 Å². The standard InChI is InChI=1S/C13H15FN4/c1-9(10-5-7-11(14)8-6-10)16-12-3-2-4-13(17-12)18-15/h2-9H,15H2,1H3,(H2,16,17,18). The summed E-state index contributed by atoms with van der Waals surface area (Å²) < 4.78 is 12.8. The van der Waals surface area contributed by atoms with Crippen LogP contribution in [0.4, 0.5) is 16.0 Å². The lowest BCUT2D eigenvalue weighted by Gasteiger charge is -2.15. The minimum Gasteiger partial charge on any atom is -0.363 e. The Labute approximate surface area is 105 Å². The summed E-state index contributed by atoms with van der Waals surface area (Å²) in [5.41, 5.74) is 3.48. The molecular formula is C13H15FN4. The molecule has 0 fully saturated rings. The molecule has 4 nitrogen and oxygen atoms in total. The fourth-order valence-electron chi connectivity index (χ4n) is 1.65. The molecule has 18 heavy (non-hydrogen) atoms. The highest BCUT2D eigenvalue weighted by atomic mass is 19.1. The Balaban J connectivity index is 2.10. The van der Waals surface area contributed by atoms with Gasteiger partial charge in [-0.2, -0.15) is 0 Å². The van der Waals surface area contributed by atoms with Crippen LogP contribution in [-0.4, -0.2) is 4.98 Å². The van der Waals surface area contributed by atoms with E-state index in [4.69, 9.17) is 5.84 Å². The first kappa shape index (κ1) is 12.3. The molecule has 1 atom stereocenters. The van der Waals surface area contributed by atoms with E-state index in [1.165, 1.54) is 12.1 Å². The van der Waals surface area contributed by atoms with Gasteiger partial charge in [0.15, 0.2) is 0 Å². The highest BCUT2D eigenvalue weighted by Gasteiger charge is 2.06. The SMILES string of the molecule is CC(Nc1cccc(NN)n1)c1ccc(F)cc1. The Morgan fingerprint density at radius 2 is 1.78 bits per heavy atom. The zero-order chi connectivity index (χ0) is 13.0. The van der Waals surface area contributed by atoms with Crippen LogP contribution >= 0.6 is 0 Å². The molecule has 4 N–H and O–H groups in total. The number of anilines is 2. The van der Waals surface area contributed by atoms with E-state index < -0.39 is 0 Å². The van der Waals surface area contributed by atoms with Gasteiger partial charge in [-0.15, -0.1) is 0 Å². The second-order valence-corrected chi connectivity index (χ2v) is 3.97. The van der Waals surface area contributed by atoms with E-state index in [1.807, 2.05) is 19.1 Å². The maximum absolute atomic E-state index is 12.8. The van der Waals surface area contributed by atoms with Gasteiger partial charge in [0.2, 0.25) is 0 Å². The van der Waals surface area contributed by atoms with Gasteiger partial charge in [-0.3, -0.25) is 0 Å². The van der Waals surface area contributed by atoms with Crippen LogP contribution in [0.25, 0.3) is 0 Å². The van der Waals surface area contributed by atoms with Gasteiger partial charge >= 0.3 is 0 Å². The molecular weight excluding hydrogens is 231 g/mol. The monoisotopic (exact) mass is 246 g/mol. The molecule has 1 unspecified atom stereocenters. The zero-order valence-corrected chi connectivity index (χ0v) is 10.0. The predicted molar refractivity (Wildman–Crippen MR) is 70.5 cm³/mol. The molecule has 2 aromatic rings. The average molecular weight is 246 g/mol. The number of pyridine rings is 1. The summed E-state index contributed by atoms with van der Waals surface area (Å²) >= 11 is 0. The molecule has 0 saturated carbocycles. The molecule has 0 bridgehead atoms. The zero-order valence-electron chi connectivity index (χ0n) is 10.0. The number of rotatable bonds is 4. The van der Waals surface area contributed by atoms with Gasteiger partial charge in [-0.05, 0) is 36.8 Å². The highest BCUT2D eigenvalue weighted by molar-refractivity contribution is 5.45. The van der Waals surface area contributed by atoms with E-state index in [0.717, 1.165) is 5.56 Å². The van der Waals surface area contributed by atoms with E-state index in [9.17, 15) is 4.39 Å². The van der Waals surface area contributed by atoms with Gasteiger partial charge in [0.05, 0.1) is 0 Å². The molecule has 0 radical (unpaired) electrons. The molecule has 0 aliphatic carbocycles. The van der Waals surface area contributed by atoms with Crippen molar-refractivity contribution in [2.24, 2.45) is 5.84 Å². The first-order chi connectivity index (χ1) is 8.69. The van der Waals surface area contributed by atoms with Gasteiger partial charge in [0, 0.05) is 6.04 Å². The van der Waals surface area contributed by atoms with E-state index in [2.05, 4.69) is 15.7 Å². The molecule has 0 aliphatic rings. The summed E-state index contributed by atoms with van der Waals surface area (Å²) in [5, 5.41) is 3.22. The lowest BCUT2D eigenvalue weighted by molar-refractivity contribution is 0.626. The molecule has 1 heterocycles. The van der Waals surface area contributed by atoms with Crippen molar-refractivity contribution >= 4 is 11.6 Å². The Bertz CT molecular complexity index is 513. The van der Waals surface area contributed by atoms with Crippen LogP contribution in [0.1, 0.15) is 18.5 Å². The van der Waals surface area contributed by atoms with Crippen molar-refractivity contribution in [2.45, 2.75) is 13.0 Å². The van der Waals surface area contributed by atoms with Gasteiger partial charge in [-0.25, -0.2) is 15.2 Å². The van der Waals surface area contributed by atoms with Crippen LogP contribution in [0.15, 0.2) is 42.5 Å². The van der Waals surface area contributed by atoms with Crippen LogP contribution in [-0.2, 0) is 0 Å². The molecule has 0 spiro atoms. The van der Waals surface area contributed by atoms with Gasteiger partial charge in [-0.1, -0.05) is 18.2 Å². The minimum absolute atomic E-state index is 0.0334. The summed E-state index contributed by atoms with van der Waals surface area (Å²) in [6, 6.07) is 11.9. The Kier molecular flexibility index (Phi) is 3.74. The minimum atomic E-state index is -0.238. The summed E-state index contributed by atoms with van der Waals surface area (Å²) in [5.74, 6) is 6.36. The lowest BCUT2D eigenvalue weighted by atomic mass is 10.1. The predicted octanol–water partition coefficient (Wildman–Crippen LogP) is 2.68. The van der Waals surface area contributed by atoms with Crippen LogP contribution in [0.3, 0.4) is 0 Å². The number of nitrogens with two attached hydrogens (primary N) is 1. The van der Waals surface area contributed by atoms with E-state index in [-0.39, 0.29) is 11.9 Å². The number of aromatic nitrogens is 1. The average Bonchev–Trinajstić information content (AvgIpc) is 2.39. The quantitative estimate of drug-likeness (QED) is 0.573. The normalized spacial score (nSPS) is 11.9. The number of hydrazine groups is 1. The molecule has 0 amide bonds. The summed E-state index contributed by atoms with van der Waals surface area (Å²) in [7, 11) is 0. The first-order valence-electron chi connectivity index (χ1n) is 5.64. The topological polar surface area (TPSA) is 63.0 Å². The van der Waals surface area contributed by atoms with E-state index >= 15 is 0 Å². The van der Waals surface area contributed by atoms with Crippen molar-refractivity contribution < 1.29 is 4.39 Å². The highest BCUT2D eigenvalue weighted by Crippen LogP contribution is 2.18. The second-order valence-electron chi connectivity index (χ2n) is 3.97. The van der Waals surface area contributed by atoms with Crippen LogP contribution in [0, 0.1) is 5.82 Å². The van der Waals surface area contributed by atoms with Crippen molar-refractivity contribution in [3.8, 4) is 0 Å². The largest absolute Gasteiger partial charge is 0.363 e. The lowest BCUT2D eigenvalue weighted by Crippen LogP contribution is -2.11. The van der Waals surface area contributed by atoms with Crippen molar-refractivity contribution in [1.82, 2.24) is 4.98 Å². The van der Waals surface area contributed by atoms with Crippen molar-refractivity contribution in [1.29, 1.82) is 0 Å². The summed E-state index contributed by atoms with van der Waals surface area (Å²) in [4.78, 5) is 4.25. The van der Waals surface area contributed by atoms with E-state index in [0.29, 0.717) is 11.6 Å². The Morgan fingerprint density at radius 3 is 2.44 bits per heavy atom. The fourth-order valence-corrected chi connectivity index (χ4v) is 1.65. The van der Waals surface area contributed by atoms with Gasteiger partial charge in [0.1, 0.15) is 17.5 Å². The molecule has 1 aromatic heterocycles. The van der Waals surface area contributed by atoms with Gasteiger partial charge < -0.3 is 10.7 Å². The molecule has 0 saturated heterocycles. The molecule has 1 aromatic carbocycles. The number of hydrogen-bond donors (Lipinski definition) is 3. The maximum Gasteiger partial charge on any atom is 0.142 e.